The van der Waals surface area contributed by atoms with Crippen LogP contribution in [-0.4, -0.2) is 195 Å². The van der Waals surface area contributed by atoms with Crippen molar-refractivity contribution < 1.29 is 123 Å². The molecule has 4 atom stereocenters. The Morgan fingerprint density at radius 3 is 1.11 bits per heavy atom. The molecule has 0 aromatic carbocycles. The second kappa shape index (κ2) is 60.8. The van der Waals surface area contributed by atoms with Gasteiger partial charge in [-0.15, -0.1) is 37.2 Å². The number of ether oxygens (including phenoxy) is 7. The molecule has 11 heterocycles. The number of halogens is 10. The molecular formula is C94H119BrCl3F6N25O20. The third-order valence-corrected chi connectivity index (χ3v) is 20.0. The molecule has 6 saturated carbocycles. The molecule has 14 N–H and O–H groups in total. The number of alkyl carbamates (subject to hydrolysis) is 2. The number of rotatable bonds is 29. The first-order chi connectivity index (χ1) is 69.2. The van der Waals surface area contributed by atoms with Gasteiger partial charge < -0.3 is 99.9 Å². The smallest absolute Gasteiger partial charge is 0.435 e. The van der Waals surface area contributed by atoms with Crippen LogP contribution in [0.3, 0.4) is 0 Å². The van der Waals surface area contributed by atoms with Crippen molar-refractivity contribution >= 4 is 89.0 Å². The highest BCUT2D eigenvalue weighted by Gasteiger charge is 2.38. The predicted molar refractivity (Wildman–Crippen MR) is 528 cm³/mol. The molecule has 55 heteroatoms. The SMILES string of the molecule is C[C@H](N)c1nc(-c2ccnc(COC3CC3)c2)no1.C[C@H](NC(=O)OC(C)(C)C)C(=O)O.C[C@H](NC(=O)OC(C)(C)C)c1nc(-c2ccnc(COC3CC3)c2)no1.C[C@H](NC(=O)c1cc(C(F)(F)F)nn1C)c1nc(-c2ccnc(COC3CC3)c2)no1.Cl.Cl.Cl.Cn1nc(C(F)(F)F)cc1C(=O)O.N#Cc1ccnc(CBr)c1.N#Cc1ccnc(COC2CC2)c1.N/C(=N\O)c1ccnc(COC2CC2)c1.NO.OC1CC1. The number of hydrogen-bond acceptors (Lipinski definition) is 37. The third kappa shape index (κ3) is 47.7. The number of nitrogens with one attached hydrogen (secondary N) is 3. The highest BCUT2D eigenvalue weighted by molar-refractivity contribution is 9.08. The van der Waals surface area contributed by atoms with E-state index in [4.69, 9.17) is 94.5 Å². The van der Waals surface area contributed by atoms with Crippen LogP contribution in [0.25, 0.3) is 34.2 Å². The lowest BCUT2D eigenvalue weighted by atomic mass is 10.2. The van der Waals surface area contributed by atoms with E-state index in [0.717, 1.165) is 134 Å². The summed E-state index contributed by atoms with van der Waals surface area (Å²) in [6.07, 6.45) is 14.8. The van der Waals surface area contributed by atoms with Gasteiger partial charge in [-0.3, -0.25) is 48.9 Å². The number of carbonyl (C=O) groups is 5. The summed E-state index contributed by atoms with van der Waals surface area (Å²) in [5.41, 5.74) is 16.1. The molecule has 17 rings (SSSR count). The summed E-state index contributed by atoms with van der Waals surface area (Å²) < 4.78 is 129. The maximum Gasteiger partial charge on any atom is 0.435 e. The highest BCUT2D eigenvalue weighted by Crippen LogP contribution is 2.34. The summed E-state index contributed by atoms with van der Waals surface area (Å²) in [7, 11) is 2.40. The van der Waals surface area contributed by atoms with E-state index in [0.29, 0.717) is 137 Å². The summed E-state index contributed by atoms with van der Waals surface area (Å²) in [5.74, 6) is 2.42. The molecule has 6 fully saturated rings. The fourth-order valence-electron chi connectivity index (χ4n) is 11.0. The second-order valence-electron chi connectivity index (χ2n) is 35.1. The van der Waals surface area contributed by atoms with E-state index in [1.807, 2.05) is 24.3 Å². The number of oxime groups is 1. The van der Waals surface area contributed by atoms with E-state index in [-0.39, 0.29) is 66.8 Å². The number of nitrogens with two attached hydrogens (primary N) is 3. The number of nitriles is 2. The van der Waals surface area contributed by atoms with Crippen LogP contribution in [0.15, 0.2) is 141 Å². The van der Waals surface area contributed by atoms with Crippen molar-refractivity contribution in [3.8, 4) is 46.3 Å². The van der Waals surface area contributed by atoms with Crippen molar-refractivity contribution in [2.45, 2.75) is 269 Å². The predicted octanol–water partition coefficient (Wildman–Crippen LogP) is 15.5. The molecule has 0 radical (unpaired) electrons. The van der Waals surface area contributed by atoms with Crippen molar-refractivity contribution in [2.75, 3.05) is 0 Å². The maximum absolute atomic E-state index is 12.8. The molecule has 11 aromatic rings. The van der Waals surface area contributed by atoms with E-state index in [1.165, 1.54) is 14.0 Å². The van der Waals surface area contributed by atoms with Crippen LogP contribution in [0.4, 0.5) is 35.9 Å². The molecule has 11 aromatic heterocycles. The zero-order valence-electron chi connectivity index (χ0n) is 83.0. The van der Waals surface area contributed by atoms with Crippen LogP contribution < -0.4 is 33.3 Å². The Kier molecular flexibility index (Phi) is 51.4. The van der Waals surface area contributed by atoms with E-state index in [1.54, 1.807) is 154 Å². The number of carboxylic acids is 2. The summed E-state index contributed by atoms with van der Waals surface area (Å²) in [4.78, 5) is 93.9. The number of aliphatic hydroxyl groups excluding tert-OH is 1. The minimum Gasteiger partial charge on any atom is -0.480 e. The van der Waals surface area contributed by atoms with Crippen LogP contribution in [-0.2, 0) is 103 Å². The van der Waals surface area contributed by atoms with Crippen molar-refractivity contribution in [3.63, 3.8) is 0 Å². The Labute approximate surface area is 878 Å². The van der Waals surface area contributed by atoms with Gasteiger partial charge in [0.25, 0.3) is 5.91 Å². The van der Waals surface area contributed by atoms with Crippen LogP contribution >= 0.6 is 53.2 Å². The molecule has 810 valence electrons. The van der Waals surface area contributed by atoms with Crippen molar-refractivity contribution in [3.05, 3.63) is 213 Å². The number of alkyl halides is 7. The Morgan fingerprint density at radius 1 is 0.490 bits per heavy atom. The lowest BCUT2D eigenvalue weighted by Crippen LogP contribution is -2.41. The molecule has 3 amide bonds. The number of pyridine rings is 6. The second-order valence-corrected chi connectivity index (χ2v) is 35.7. The Hall–Kier alpha value is -13.5. The summed E-state index contributed by atoms with van der Waals surface area (Å²) in [5, 5.41) is 86.4. The van der Waals surface area contributed by atoms with E-state index in [2.05, 4.69) is 120 Å². The molecular weight excluding hydrogens is 2100 g/mol. The van der Waals surface area contributed by atoms with Gasteiger partial charge in [-0.1, -0.05) is 36.6 Å². The number of aromatic carboxylic acids is 1. The first kappa shape index (κ1) is 126. The van der Waals surface area contributed by atoms with Crippen LogP contribution in [0, 0.1) is 22.7 Å². The number of aryl methyl sites for hydroxylation is 2. The Morgan fingerprint density at radius 2 is 0.805 bits per heavy atom. The number of aromatic nitrogens is 16. The summed E-state index contributed by atoms with van der Waals surface area (Å²) in [6, 6.07) is 24.2. The lowest BCUT2D eigenvalue weighted by Gasteiger charge is -2.20. The molecule has 45 nitrogen and oxygen atoms in total. The molecule has 149 heavy (non-hydrogen) atoms. The summed E-state index contributed by atoms with van der Waals surface area (Å²) >= 11 is 3.25. The molecule has 0 unspecified atom stereocenters. The van der Waals surface area contributed by atoms with Gasteiger partial charge in [-0.2, -0.15) is 62.0 Å². The monoisotopic (exact) mass is 2220 g/mol. The molecule has 0 bridgehead atoms. The molecule has 6 aliphatic rings. The third-order valence-electron chi connectivity index (χ3n) is 19.4. The van der Waals surface area contributed by atoms with Crippen LogP contribution in [0.5, 0.6) is 0 Å². The van der Waals surface area contributed by atoms with Gasteiger partial charge >= 0.3 is 36.5 Å². The minimum absolute atomic E-state index is 0. The van der Waals surface area contributed by atoms with Crippen molar-refractivity contribution in [1.29, 1.82) is 10.5 Å². The first-order valence-electron chi connectivity index (χ1n) is 45.5. The number of amidine groups is 1. The fraction of sp³-hybridized carbons (Fsp3) is 0.468. The van der Waals surface area contributed by atoms with Gasteiger partial charge in [0, 0.05) is 91.0 Å². The lowest BCUT2D eigenvalue weighted by molar-refractivity contribution is -0.142. The van der Waals surface area contributed by atoms with E-state index < -0.39 is 88.8 Å². The normalized spacial score (nSPS) is 14.5. The molecule has 0 saturated heterocycles. The zero-order valence-corrected chi connectivity index (χ0v) is 87.0. The standard InChI is InChI=1S/C19H19F3N6O3.C18H24N4O4.C13H16N4O2.C10H13N3O2.C10H10N2O.C8H15NO4.C7H5BrN2.C6H5F3N2O2.C3H6O.3ClH.H3NO/c1-10(24-17(29)14-8-15(19(20,21)22)26-28(14)2)18-25-16(27-31-18)11-5-6-23-12(7-11)9-30-13-3-4-13;1-11(20-17(23)25-18(2,3)4)16-21-15(22-26-16)12-7-8-19-13(9-12)10-24-14-5-6-14;1-8(14)13-16-12(17-19-13)9-4-5-15-10(6-9)7-18-11-2-3-11;11-10(13-14)7-3-4-12-8(5-7)6-15-9-1-2-9;11-6-8-3-4-12-9(5-8)7-13-10-1-2-10;1-5(6(10)11)9-7(12)13-8(2,3)4;8-4-7-3-6(5-9)1-2-10-7;1-11-3(5(12)13)2-4(10-11)6(7,8)9;4-3-1-2-3;;;;1-2/h5-8,10,13H,3-4,9H2,1-2H3,(H,24,29);7-9,11,14H,5-6,10H2,1-4H3,(H,20,23);4-6,8,11H,2-3,7,14H2,1H3;3-5,9,14H,1-2,6H2,(H2,11,13);3-5,10H,1-2,7H2;5H,1-4H3,(H,9,12)(H,10,11);1-3H,4H2;2H,1H3,(H,12,13);3-4H,1-2H2;3*1H;2H,1H2/t10-;11-;8-;;;5-;;;;;;;/m000..0......./s1. The number of nitrogens with zero attached hydrogens (tertiary/aromatic N) is 19. The minimum atomic E-state index is -4.64. The maximum atomic E-state index is 12.8. The fourth-order valence-corrected chi connectivity index (χ4v) is 11.3. The topological polar surface area (TPSA) is 655 Å². The Balaban J connectivity index is 0.000000303. The molecule has 0 aliphatic heterocycles. The van der Waals surface area contributed by atoms with Gasteiger partial charge in [-0.25, -0.2) is 20.3 Å². The molecule has 0 spiro atoms. The van der Waals surface area contributed by atoms with Gasteiger partial charge in [0.2, 0.25) is 35.1 Å². The number of aliphatic carboxylic acids is 1. The number of amides is 3. The van der Waals surface area contributed by atoms with Crippen LogP contribution in [0.1, 0.15) is 265 Å². The van der Waals surface area contributed by atoms with Crippen molar-refractivity contribution in [2.24, 2.45) is 36.6 Å². The number of hydrogen-bond donors (Lipinski definition) is 11. The highest BCUT2D eigenvalue weighted by atomic mass is 79.9. The molecule has 6 aliphatic carbocycles. The van der Waals surface area contributed by atoms with Crippen molar-refractivity contribution in [1.82, 2.24) is 95.8 Å². The largest absolute Gasteiger partial charge is 0.480 e. The summed E-state index contributed by atoms with van der Waals surface area (Å²) in [6.45, 7) is 19.4. The average molecular weight is 2220 g/mol. The number of aliphatic hydroxyl groups is 1. The van der Waals surface area contributed by atoms with Gasteiger partial charge in [0.1, 0.15) is 40.7 Å². The van der Waals surface area contributed by atoms with Gasteiger partial charge in [0.15, 0.2) is 17.2 Å². The van der Waals surface area contributed by atoms with Gasteiger partial charge in [0.05, 0.1) is 133 Å². The number of carboxylic acid groups (broad SMARTS) is 2. The van der Waals surface area contributed by atoms with E-state index >= 15 is 0 Å². The quantitative estimate of drug-likeness (QED) is 0.00518. The average Bonchev–Trinajstić information content (AvgIpc) is 1.68. The van der Waals surface area contributed by atoms with Gasteiger partial charge in [-0.05, 0) is 219 Å². The zero-order chi connectivity index (χ0) is 107. The van der Waals surface area contributed by atoms with E-state index in [9.17, 15) is 50.3 Å². The van der Waals surface area contributed by atoms with Crippen LogP contribution in [0.2, 0.25) is 0 Å². The number of carbonyl (C=O) groups excluding carboxylic acids is 3. The Bertz CT molecular complexity index is 6150. The first-order valence-corrected chi connectivity index (χ1v) is 46.6.